The van der Waals surface area contributed by atoms with E-state index in [9.17, 15) is 14.4 Å². The predicted octanol–water partition coefficient (Wildman–Crippen LogP) is 4.76. The van der Waals surface area contributed by atoms with Gasteiger partial charge in [0.1, 0.15) is 6.54 Å². The number of nitrogens with zero attached hydrogens (tertiary/aromatic N) is 1. The normalized spacial score (nSPS) is 10.8. The number of carbonyl (C=O) groups is 2. The number of hydrogen-bond donors (Lipinski definition) is 1. The van der Waals surface area contributed by atoms with Crippen molar-refractivity contribution in [1.82, 2.24) is 4.57 Å². The van der Waals surface area contributed by atoms with Crippen molar-refractivity contribution in [2.75, 3.05) is 19.5 Å². The van der Waals surface area contributed by atoms with Crippen molar-refractivity contribution in [3.05, 3.63) is 99.3 Å². The van der Waals surface area contributed by atoms with Gasteiger partial charge in [0, 0.05) is 28.9 Å². The monoisotopic (exact) mass is 484 g/mol. The van der Waals surface area contributed by atoms with Crippen LogP contribution in [0.3, 0.4) is 0 Å². The molecule has 4 aromatic rings. The highest BCUT2D eigenvalue weighted by Crippen LogP contribution is 2.29. The Kier molecular flexibility index (Phi) is 7.20. The number of pyridine rings is 1. The zero-order valence-electron chi connectivity index (χ0n) is 20.8. The number of ether oxygens (including phenoxy) is 2. The number of nitrogens with one attached hydrogen (secondary N) is 1. The quantitative estimate of drug-likeness (QED) is 0.365. The van der Waals surface area contributed by atoms with Crippen molar-refractivity contribution >= 4 is 28.3 Å². The number of amides is 1. The minimum atomic E-state index is -0.377. The summed E-state index contributed by atoms with van der Waals surface area (Å²) in [5.74, 6) is 0.341. The number of hydrogen-bond acceptors (Lipinski definition) is 5. The van der Waals surface area contributed by atoms with Crippen LogP contribution in [0.1, 0.15) is 34.0 Å². The second kappa shape index (κ2) is 10.5. The Labute approximate surface area is 209 Å². The largest absolute Gasteiger partial charge is 0.493 e. The lowest BCUT2D eigenvalue weighted by Gasteiger charge is -2.15. The first-order chi connectivity index (χ1) is 17.3. The second-order valence-corrected chi connectivity index (χ2v) is 8.52. The fourth-order valence-electron chi connectivity index (χ4n) is 4.09. The third-order valence-corrected chi connectivity index (χ3v) is 6.09. The summed E-state index contributed by atoms with van der Waals surface area (Å²) in [6.07, 6.45) is 2.22. The van der Waals surface area contributed by atoms with E-state index in [4.69, 9.17) is 9.47 Å². The number of methoxy groups -OCH3 is 2. The lowest BCUT2D eigenvalue weighted by molar-refractivity contribution is -0.116. The van der Waals surface area contributed by atoms with Gasteiger partial charge in [0.15, 0.2) is 17.3 Å². The lowest BCUT2D eigenvalue weighted by atomic mass is 10.00. The molecule has 3 aromatic carbocycles. The fraction of sp³-hybridized carbons (Fsp3) is 0.207. The predicted molar refractivity (Wildman–Crippen MR) is 140 cm³/mol. The molecular weight excluding hydrogens is 456 g/mol. The molecule has 4 rings (SSSR count). The summed E-state index contributed by atoms with van der Waals surface area (Å²) < 4.78 is 12.2. The molecule has 0 radical (unpaired) electrons. The van der Waals surface area contributed by atoms with Crippen molar-refractivity contribution in [2.24, 2.45) is 0 Å². The molecule has 0 saturated carbocycles. The van der Waals surface area contributed by atoms with Crippen LogP contribution in [-0.2, 0) is 17.8 Å². The van der Waals surface area contributed by atoms with E-state index in [-0.39, 0.29) is 29.2 Å². The van der Waals surface area contributed by atoms with Crippen molar-refractivity contribution in [3.63, 3.8) is 0 Å². The first kappa shape index (κ1) is 24.7. The Bertz CT molecular complexity index is 1500. The summed E-state index contributed by atoms with van der Waals surface area (Å²) >= 11 is 0. The molecule has 0 aliphatic rings. The molecule has 7 heteroatoms. The highest BCUT2D eigenvalue weighted by Gasteiger charge is 2.19. The van der Waals surface area contributed by atoms with E-state index in [1.54, 1.807) is 41.0 Å². The number of aromatic nitrogens is 1. The van der Waals surface area contributed by atoms with E-state index in [1.807, 2.05) is 38.1 Å². The molecule has 7 nitrogen and oxygen atoms in total. The maximum Gasteiger partial charge on any atom is 0.244 e. The van der Waals surface area contributed by atoms with Gasteiger partial charge < -0.3 is 19.4 Å². The molecule has 1 amide bonds. The van der Waals surface area contributed by atoms with E-state index in [0.717, 1.165) is 17.5 Å². The summed E-state index contributed by atoms with van der Waals surface area (Å²) in [4.78, 5) is 39.7. The van der Waals surface area contributed by atoms with E-state index >= 15 is 0 Å². The van der Waals surface area contributed by atoms with Crippen LogP contribution in [0.25, 0.3) is 10.9 Å². The van der Waals surface area contributed by atoms with Crippen LogP contribution in [0.2, 0.25) is 0 Å². The van der Waals surface area contributed by atoms with Gasteiger partial charge in [0.2, 0.25) is 11.3 Å². The van der Waals surface area contributed by atoms with Gasteiger partial charge in [0.25, 0.3) is 0 Å². The lowest BCUT2D eigenvalue weighted by Crippen LogP contribution is -2.24. The maximum atomic E-state index is 13.4. The standard InChI is InChI=1S/C29H28N2O5/c1-5-19-8-12-24-22(14-19)29(34)23(28(33)20-9-6-18(2)7-10-20)16-31(24)17-27(32)30-21-11-13-25(35-3)26(15-21)36-4/h6-16H,5,17H2,1-4H3,(H,30,32). The Morgan fingerprint density at radius 1 is 0.917 bits per heavy atom. The number of rotatable bonds is 8. The number of fused-ring (bicyclic) bond motifs is 1. The molecular formula is C29H28N2O5. The molecule has 0 spiro atoms. The highest BCUT2D eigenvalue weighted by atomic mass is 16.5. The van der Waals surface area contributed by atoms with Crippen LogP contribution in [0.4, 0.5) is 5.69 Å². The minimum Gasteiger partial charge on any atom is -0.493 e. The number of benzene rings is 3. The topological polar surface area (TPSA) is 86.6 Å². The van der Waals surface area contributed by atoms with Crippen molar-refractivity contribution in [2.45, 2.75) is 26.8 Å². The SMILES string of the molecule is CCc1ccc2c(c1)c(=O)c(C(=O)c1ccc(C)cc1)cn2CC(=O)Nc1ccc(OC)c(OC)c1. The van der Waals surface area contributed by atoms with Crippen LogP contribution in [0, 0.1) is 6.92 Å². The van der Waals surface area contributed by atoms with E-state index in [1.165, 1.54) is 20.4 Å². The average molecular weight is 485 g/mol. The molecule has 0 unspecified atom stereocenters. The summed E-state index contributed by atoms with van der Waals surface area (Å²) in [5.41, 5.74) is 3.21. The molecule has 1 aromatic heterocycles. The van der Waals surface area contributed by atoms with Gasteiger partial charge in [-0.25, -0.2) is 0 Å². The first-order valence-electron chi connectivity index (χ1n) is 11.6. The molecule has 0 aliphatic carbocycles. The summed E-state index contributed by atoms with van der Waals surface area (Å²) in [5, 5.41) is 3.26. The van der Waals surface area contributed by atoms with Crippen LogP contribution in [-0.4, -0.2) is 30.5 Å². The minimum absolute atomic E-state index is 0.0264. The Balaban J connectivity index is 1.73. The molecule has 0 atom stereocenters. The van der Waals surface area contributed by atoms with Crippen LogP contribution < -0.4 is 20.2 Å². The van der Waals surface area contributed by atoms with E-state index in [2.05, 4.69) is 5.32 Å². The molecule has 1 heterocycles. The third-order valence-electron chi connectivity index (χ3n) is 6.09. The Hall–Kier alpha value is -4.39. The molecule has 0 aliphatic heterocycles. The molecule has 184 valence electrons. The zero-order valence-corrected chi connectivity index (χ0v) is 20.8. The summed E-state index contributed by atoms with van der Waals surface area (Å²) in [7, 11) is 3.06. The smallest absolute Gasteiger partial charge is 0.244 e. The average Bonchev–Trinajstić information content (AvgIpc) is 2.89. The van der Waals surface area contributed by atoms with Gasteiger partial charge in [-0.3, -0.25) is 14.4 Å². The summed E-state index contributed by atoms with van der Waals surface area (Å²) in [6.45, 7) is 3.84. The molecule has 0 bridgehead atoms. The van der Waals surface area contributed by atoms with Gasteiger partial charge in [-0.2, -0.15) is 0 Å². The zero-order chi connectivity index (χ0) is 25.8. The molecule has 0 saturated heterocycles. The molecule has 1 N–H and O–H groups in total. The number of carbonyl (C=O) groups excluding carboxylic acids is 2. The van der Waals surface area contributed by atoms with Crippen LogP contribution in [0.5, 0.6) is 11.5 Å². The van der Waals surface area contributed by atoms with Gasteiger partial charge in [-0.05, 0) is 43.2 Å². The van der Waals surface area contributed by atoms with E-state index in [0.29, 0.717) is 33.7 Å². The van der Waals surface area contributed by atoms with Crippen molar-refractivity contribution in [1.29, 1.82) is 0 Å². The van der Waals surface area contributed by atoms with Crippen LogP contribution >= 0.6 is 0 Å². The van der Waals surface area contributed by atoms with Gasteiger partial charge in [-0.1, -0.05) is 42.8 Å². The van der Waals surface area contributed by atoms with Crippen LogP contribution in [0.15, 0.2) is 71.7 Å². The molecule has 36 heavy (non-hydrogen) atoms. The van der Waals surface area contributed by atoms with Gasteiger partial charge in [0.05, 0.1) is 25.3 Å². The van der Waals surface area contributed by atoms with Crippen molar-refractivity contribution in [3.8, 4) is 11.5 Å². The number of ketones is 1. The Morgan fingerprint density at radius 2 is 1.64 bits per heavy atom. The molecule has 0 fully saturated rings. The van der Waals surface area contributed by atoms with Gasteiger partial charge >= 0.3 is 0 Å². The second-order valence-electron chi connectivity index (χ2n) is 8.52. The van der Waals surface area contributed by atoms with Crippen molar-refractivity contribution < 1.29 is 19.1 Å². The summed E-state index contributed by atoms with van der Waals surface area (Å²) in [6, 6.07) is 17.7. The number of aryl methyl sites for hydroxylation is 2. The fourth-order valence-corrected chi connectivity index (χ4v) is 4.09. The maximum absolute atomic E-state index is 13.4. The Morgan fingerprint density at radius 3 is 2.31 bits per heavy atom. The highest BCUT2D eigenvalue weighted by molar-refractivity contribution is 6.10. The first-order valence-corrected chi connectivity index (χ1v) is 11.6. The van der Waals surface area contributed by atoms with Gasteiger partial charge in [-0.15, -0.1) is 0 Å². The van der Waals surface area contributed by atoms with E-state index < -0.39 is 0 Å². The number of anilines is 1. The third kappa shape index (κ3) is 5.00.